The van der Waals surface area contributed by atoms with Crippen LogP contribution in [0, 0.1) is 0 Å². The van der Waals surface area contributed by atoms with Crippen LogP contribution < -0.4 is 5.32 Å². The predicted molar refractivity (Wildman–Crippen MR) is 83.3 cm³/mol. The maximum Gasteiger partial charge on any atom is 0.434 e. The summed E-state index contributed by atoms with van der Waals surface area (Å²) in [5.74, 6) is 0. The number of hydrogen-bond acceptors (Lipinski definition) is 5. The third-order valence-corrected chi connectivity index (χ3v) is 6.61. The van der Waals surface area contributed by atoms with Crippen molar-refractivity contribution in [1.29, 1.82) is 0 Å². The first kappa shape index (κ1) is 18.9. The highest BCUT2D eigenvalue weighted by Crippen LogP contribution is 2.31. The summed E-state index contributed by atoms with van der Waals surface area (Å²) >= 11 is 0.664. The summed E-state index contributed by atoms with van der Waals surface area (Å²) in [4.78, 5) is 16.8. The largest absolute Gasteiger partial charge is 0.434 e. The van der Waals surface area contributed by atoms with E-state index in [2.05, 4.69) is 10.3 Å². The summed E-state index contributed by atoms with van der Waals surface area (Å²) in [6.07, 6.45) is -3.65. The van der Waals surface area contributed by atoms with Crippen LogP contribution in [0.3, 0.4) is 0 Å². The molecule has 1 fully saturated rings. The van der Waals surface area contributed by atoms with Crippen molar-refractivity contribution in [2.24, 2.45) is 0 Å². The Morgan fingerprint density at radius 1 is 1.46 bits per heavy atom. The highest BCUT2D eigenvalue weighted by Gasteiger charge is 2.36. The number of carbonyl (C=O) groups is 1. The van der Waals surface area contributed by atoms with Crippen molar-refractivity contribution in [1.82, 2.24) is 14.2 Å². The molecule has 0 saturated carbocycles. The van der Waals surface area contributed by atoms with Crippen molar-refractivity contribution in [3.63, 3.8) is 0 Å². The van der Waals surface area contributed by atoms with Gasteiger partial charge in [0.2, 0.25) is 10.0 Å². The van der Waals surface area contributed by atoms with Crippen molar-refractivity contribution < 1.29 is 26.4 Å². The number of sulfonamides is 1. The Bertz CT molecular complexity index is 703. The summed E-state index contributed by atoms with van der Waals surface area (Å²) in [7, 11) is -0.666. The van der Waals surface area contributed by atoms with E-state index in [0.29, 0.717) is 30.7 Å². The van der Waals surface area contributed by atoms with Crippen LogP contribution in [-0.4, -0.2) is 61.1 Å². The number of aromatic nitrogens is 1. The van der Waals surface area contributed by atoms with Crippen molar-refractivity contribution in [3.8, 4) is 0 Å². The molecular weight excluding hydrogens is 369 g/mol. The minimum Gasteiger partial charge on any atom is -0.323 e. The maximum absolute atomic E-state index is 12.5. The third-order valence-electron chi connectivity index (χ3n) is 3.60. The molecule has 12 heteroatoms. The van der Waals surface area contributed by atoms with Crippen molar-refractivity contribution in [2.75, 3.05) is 32.5 Å². The lowest BCUT2D eigenvalue weighted by molar-refractivity contribution is -0.140. The normalized spacial score (nSPS) is 19.6. The quantitative estimate of drug-likeness (QED) is 0.862. The molecule has 7 nitrogen and oxygen atoms in total. The van der Waals surface area contributed by atoms with Gasteiger partial charge in [-0.25, -0.2) is 22.5 Å². The fraction of sp³-hybridized carbons (Fsp3) is 0.667. The number of amides is 2. The van der Waals surface area contributed by atoms with E-state index >= 15 is 0 Å². The van der Waals surface area contributed by atoms with Crippen LogP contribution in [0.5, 0.6) is 0 Å². The zero-order valence-electron chi connectivity index (χ0n) is 13.0. The molecule has 0 spiro atoms. The molecule has 1 unspecified atom stereocenters. The van der Waals surface area contributed by atoms with Crippen LogP contribution in [-0.2, 0) is 16.2 Å². The van der Waals surface area contributed by atoms with E-state index < -0.39 is 33.2 Å². The van der Waals surface area contributed by atoms with Gasteiger partial charge >= 0.3 is 12.2 Å². The lowest BCUT2D eigenvalue weighted by Gasteiger charge is -2.33. The molecule has 2 heterocycles. The minimum atomic E-state index is -4.57. The first-order valence-electron chi connectivity index (χ1n) is 7.02. The van der Waals surface area contributed by atoms with E-state index in [1.807, 2.05) is 0 Å². The molecule has 1 aromatic heterocycles. The Morgan fingerprint density at radius 3 is 2.67 bits per heavy atom. The van der Waals surface area contributed by atoms with Crippen LogP contribution in [0.2, 0.25) is 0 Å². The van der Waals surface area contributed by atoms with Crippen LogP contribution >= 0.6 is 11.3 Å². The van der Waals surface area contributed by atoms with Gasteiger partial charge in [-0.15, -0.1) is 11.3 Å². The Morgan fingerprint density at radius 2 is 2.12 bits per heavy atom. The number of nitrogens with zero attached hydrogens (tertiary/aromatic N) is 3. The Kier molecular flexibility index (Phi) is 5.40. The second-order valence-electron chi connectivity index (χ2n) is 5.50. The number of rotatable bonds is 3. The summed E-state index contributed by atoms with van der Waals surface area (Å²) < 4.78 is 62.9. The molecule has 1 saturated heterocycles. The summed E-state index contributed by atoms with van der Waals surface area (Å²) in [6.45, 7) is 0.326. The molecule has 1 N–H and O–H groups in total. The van der Waals surface area contributed by atoms with E-state index in [-0.39, 0.29) is 11.7 Å². The molecule has 0 radical (unpaired) electrons. The Labute approximate surface area is 141 Å². The Balaban J connectivity index is 2.03. The second kappa shape index (κ2) is 6.84. The van der Waals surface area contributed by atoms with Gasteiger partial charge in [-0.05, 0) is 12.8 Å². The van der Waals surface area contributed by atoms with E-state index in [9.17, 15) is 26.4 Å². The zero-order chi connectivity index (χ0) is 18.1. The van der Waals surface area contributed by atoms with Gasteiger partial charge in [-0.3, -0.25) is 5.32 Å². The molecule has 24 heavy (non-hydrogen) atoms. The number of nitrogens with one attached hydrogen (secondary N) is 1. The number of thiazole rings is 1. The number of halogens is 3. The molecule has 2 rings (SSSR count). The molecule has 1 aliphatic rings. The summed E-state index contributed by atoms with van der Waals surface area (Å²) in [5, 5.41) is 2.20. The lowest BCUT2D eigenvalue weighted by atomic mass is 10.1. The van der Waals surface area contributed by atoms with Crippen molar-refractivity contribution in [3.05, 3.63) is 11.1 Å². The minimum absolute atomic E-state index is 0.0101. The number of hydrogen-bond donors (Lipinski definition) is 1. The molecule has 136 valence electrons. The molecular formula is C12H17F3N4O3S2. The lowest BCUT2D eigenvalue weighted by Crippen LogP contribution is -2.49. The topological polar surface area (TPSA) is 82.6 Å². The number of anilines is 1. The molecule has 0 bridgehead atoms. The molecule has 1 aliphatic heterocycles. The van der Waals surface area contributed by atoms with Gasteiger partial charge in [0, 0.05) is 32.6 Å². The second-order valence-corrected chi connectivity index (χ2v) is 8.79. The molecule has 0 aromatic carbocycles. The molecule has 0 aliphatic carbocycles. The standard InChI is InChI=1S/C12H17F3N4O3S2/c1-18(2)24(21,22)8-4-3-5-19(6-8)11(20)17-10-16-9(7-23-10)12(13,14)15/h7-8H,3-6H2,1-2H3,(H,16,17,20). The zero-order valence-corrected chi connectivity index (χ0v) is 14.6. The summed E-state index contributed by atoms with van der Waals surface area (Å²) in [5.41, 5.74) is -1.07. The van der Waals surface area contributed by atoms with E-state index in [4.69, 9.17) is 0 Å². The van der Waals surface area contributed by atoms with Gasteiger partial charge in [-0.1, -0.05) is 0 Å². The summed E-state index contributed by atoms with van der Waals surface area (Å²) in [6, 6.07) is -0.656. The van der Waals surface area contributed by atoms with Gasteiger partial charge in [0.1, 0.15) is 0 Å². The first-order chi connectivity index (χ1) is 11.0. The van der Waals surface area contributed by atoms with Gasteiger partial charge in [0.05, 0.1) is 5.25 Å². The van der Waals surface area contributed by atoms with Crippen LogP contribution in [0.1, 0.15) is 18.5 Å². The number of likely N-dealkylation sites (tertiary alicyclic amines) is 1. The van der Waals surface area contributed by atoms with Crippen LogP contribution in [0.25, 0.3) is 0 Å². The first-order valence-corrected chi connectivity index (χ1v) is 9.40. The van der Waals surface area contributed by atoms with Gasteiger partial charge in [-0.2, -0.15) is 13.2 Å². The number of urea groups is 1. The average Bonchev–Trinajstić information content (AvgIpc) is 2.96. The third kappa shape index (κ3) is 4.16. The number of carbonyl (C=O) groups excluding carboxylic acids is 1. The van der Waals surface area contributed by atoms with E-state index in [1.54, 1.807) is 0 Å². The highest BCUT2D eigenvalue weighted by atomic mass is 32.2. The molecule has 1 aromatic rings. The predicted octanol–water partition coefficient (Wildman–Crippen LogP) is 2.05. The highest BCUT2D eigenvalue weighted by molar-refractivity contribution is 7.89. The van der Waals surface area contributed by atoms with E-state index in [0.717, 1.165) is 9.69 Å². The van der Waals surface area contributed by atoms with Gasteiger partial charge in [0.25, 0.3) is 0 Å². The molecule has 2 amide bonds. The van der Waals surface area contributed by atoms with Crippen LogP contribution in [0.15, 0.2) is 5.38 Å². The SMILES string of the molecule is CN(C)S(=O)(=O)C1CCCN(C(=O)Nc2nc(C(F)(F)F)cs2)C1. The van der Waals surface area contributed by atoms with E-state index in [1.165, 1.54) is 19.0 Å². The number of piperidine rings is 1. The number of alkyl halides is 3. The Hall–Kier alpha value is -1.40. The van der Waals surface area contributed by atoms with Crippen LogP contribution in [0.4, 0.5) is 23.1 Å². The monoisotopic (exact) mass is 386 g/mol. The molecule has 1 atom stereocenters. The van der Waals surface area contributed by atoms with Gasteiger partial charge < -0.3 is 4.90 Å². The van der Waals surface area contributed by atoms with Crippen molar-refractivity contribution in [2.45, 2.75) is 24.3 Å². The fourth-order valence-electron chi connectivity index (χ4n) is 2.30. The smallest absolute Gasteiger partial charge is 0.323 e. The fourth-order valence-corrected chi connectivity index (χ4v) is 4.43. The average molecular weight is 386 g/mol. The maximum atomic E-state index is 12.5. The van der Waals surface area contributed by atoms with Crippen molar-refractivity contribution >= 4 is 32.5 Å². The van der Waals surface area contributed by atoms with Gasteiger partial charge in [0.15, 0.2) is 10.8 Å².